The molecule has 0 spiro atoms. The molecule has 1 unspecified atom stereocenters. The van der Waals surface area contributed by atoms with Gasteiger partial charge in [0, 0.05) is 30.9 Å². The van der Waals surface area contributed by atoms with Crippen molar-refractivity contribution in [3.05, 3.63) is 43.1 Å². The Kier molecular flexibility index (Phi) is 4.20. The second kappa shape index (κ2) is 6.77. The van der Waals surface area contributed by atoms with Gasteiger partial charge in [-0.1, -0.05) is 0 Å². The van der Waals surface area contributed by atoms with Gasteiger partial charge in [-0.15, -0.1) is 10.2 Å². The molecule has 9 heteroatoms. The first kappa shape index (κ1) is 18.0. The minimum absolute atomic E-state index is 0.0262. The van der Waals surface area contributed by atoms with Gasteiger partial charge in [0.2, 0.25) is 0 Å². The third-order valence-electron chi connectivity index (χ3n) is 5.84. The molecular formula is C20H21FN6O2. The molecule has 2 bridgehead atoms. The fourth-order valence-electron chi connectivity index (χ4n) is 4.28. The number of nitrogens with zero attached hydrogens (tertiary/aromatic N) is 5. The Labute approximate surface area is 166 Å². The number of aromatic nitrogens is 5. The highest BCUT2D eigenvalue weighted by molar-refractivity contribution is 5.65. The van der Waals surface area contributed by atoms with E-state index in [1.54, 1.807) is 35.4 Å². The van der Waals surface area contributed by atoms with Gasteiger partial charge < -0.3 is 19.7 Å². The van der Waals surface area contributed by atoms with E-state index in [4.69, 9.17) is 4.74 Å². The third-order valence-corrected chi connectivity index (χ3v) is 5.84. The SMILES string of the molecule is C[C@@]12CCC(C[C@H](Oc3cnc(-c4ccc(-n5ccnc5)cc4O)nn3)[C@@H]1F)N2. The number of fused-ring (bicyclic) bond motifs is 2. The van der Waals surface area contributed by atoms with Gasteiger partial charge in [0.1, 0.15) is 11.9 Å². The summed E-state index contributed by atoms with van der Waals surface area (Å²) in [5.41, 5.74) is 0.667. The lowest BCUT2D eigenvalue weighted by molar-refractivity contribution is 0.00788. The summed E-state index contributed by atoms with van der Waals surface area (Å²) in [6.45, 7) is 1.90. The van der Waals surface area contributed by atoms with Crippen LogP contribution < -0.4 is 10.1 Å². The summed E-state index contributed by atoms with van der Waals surface area (Å²) >= 11 is 0. The van der Waals surface area contributed by atoms with Crippen molar-refractivity contribution in [3.8, 4) is 28.7 Å². The molecule has 1 aromatic carbocycles. The molecule has 29 heavy (non-hydrogen) atoms. The lowest BCUT2D eigenvalue weighted by atomic mass is 9.88. The van der Waals surface area contributed by atoms with E-state index in [1.165, 1.54) is 6.20 Å². The van der Waals surface area contributed by atoms with Crippen molar-refractivity contribution >= 4 is 0 Å². The normalized spacial score (nSPS) is 28.4. The number of ether oxygens (including phenoxy) is 1. The highest BCUT2D eigenvalue weighted by Gasteiger charge is 2.51. The number of hydrogen-bond donors (Lipinski definition) is 2. The van der Waals surface area contributed by atoms with Crippen LogP contribution in [0.5, 0.6) is 11.6 Å². The minimum atomic E-state index is -1.12. The van der Waals surface area contributed by atoms with Crippen molar-refractivity contribution in [2.24, 2.45) is 0 Å². The van der Waals surface area contributed by atoms with E-state index in [2.05, 4.69) is 25.5 Å². The number of imidazole rings is 1. The van der Waals surface area contributed by atoms with Gasteiger partial charge in [0.25, 0.3) is 5.88 Å². The molecule has 2 saturated heterocycles. The van der Waals surface area contributed by atoms with E-state index in [9.17, 15) is 9.50 Å². The van der Waals surface area contributed by atoms with Crippen LogP contribution >= 0.6 is 0 Å². The monoisotopic (exact) mass is 396 g/mol. The minimum Gasteiger partial charge on any atom is -0.507 e. The van der Waals surface area contributed by atoms with E-state index < -0.39 is 17.8 Å². The van der Waals surface area contributed by atoms with Crippen LogP contribution in [0.15, 0.2) is 43.1 Å². The molecule has 0 radical (unpaired) electrons. The van der Waals surface area contributed by atoms with Crippen molar-refractivity contribution in [2.75, 3.05) is 0 Å². The highest BCUT2D eigenvalue weighted by Crippen LogP contribution is 2.39. The Morgan fingerprint density at radius 1 is 1.34 bits per heavy atom. The third kappa shape index (κ3) is 3.21. The maximum atomic E-state index is 14.9. The summed E-state index contributed by atoms with van der Waals surface area (Å²) in [7, 11) is 0. The fourth-order valence-corrected chi connectivity index (χ4v) is 4.28. The summed E-state index contributed by atoms with van der Waals surface area (Å²) in [5, 5.41) is 21.8. The number of hydrogen-bond acceptors (Lipinski definition) is 7. The molecule has 2 aliphatic rings. The van der Waals surface area contributed by atoms with Crippen LogP contribution in [0.4, 0.5) is 4.39 Å². The number of phenols is 1. The van der Waals surface area contributed by atoms with Crippen LogP contribution in [0, 0.1) is 0 Å². The predicted octanol–water partition coefficient (Wildman–Crippen LogP) is 2.43. The first-order chi connectivity index (χ1) is 14.0. The molecule has 5 rings (SSSR count). The Hall–Kier alpha value is -3.07. The molecule has 8 nitrogen and oxygen atoms in total. The van der Waals surface area contributed by atoms with Gasteiger partial charge in [-0.05, 0) is 31.9 Å². The van der Waals surface area contributed by atoms with Crippen molar-refractivity contribution in [1.82, 2.24) is 30.0 Å². The van der Waals surface area contributed by atoms with E-state index in [0.717, 1.165) is 18.5 Å². The van der Waals surface area contributed by atoms with Crippen molar-refractivity contribution < 1.29 is 14.2 Å². The van der Waals surface area contributed by atoms with Crippen LogP contribution in [0.2, 0.25) is 0 Å². The maximum Gasteiger partial charge on any atom is 0.252 e. The largest absolute Gasteiger partial charge is 0.507 e. The smallest absolute Gasteiger partial charge is 0.252 e. The molecule has 2 fully saturated rings. The molecule has 4 atom stereocenters. The Balaban J connectivity index is 1.33. The lowest BCUT2D eigenvalue weighted by Gasteiger charge is -2.39. The molecule has 4 heterocycles. The number of rotatable bonds is 4. The van der Waals surface area contributed by atoms with Crippen molar-refractivity contribution in [3.63, 3.8) is 0 Å². The Bertz CT molecular complexity index is 1010. The number of alkyl halides is 1. The van der Waals surface area contributed by atoms with E-state index in [0.29, 0.717) is 12.0 Å². The Morgan fingerprint density at radius 2 is 2.24 bits per heavy atom. The van der Waals surface area contributed by atoms with Crippen LogP contribution in [-0.4, -0.2) is 53.7 Å². The Morgan fingerprint density at radius 3 is 2.97 bits per heavy atom. The summed E-state index contributed by atoms with van der Waals surface area (Å²) in [4.78, 5) is 8.24. The first-order valence-electron chi connectivity index (χ1n) is 9.62. The van der Waals surface area contributed by atoms with Crippen LogP contribution in [-0.2, 0) is 0 Å². The summed E-state index contributed by atoms with van der Waals surface area (Å²) < 4.78 is 22.4. The average Bonchev–Trinajstić information content (AvgIpc) is 3.36. The molecule has 0 amide bonds. The van der Waals surface area contributed by atoms with Gasteiger partial charge in [-0.3, -0.25) is 0 Å². The van der Waals surface area contributed by atoms with Crippen LogP contribution in [0.1, 0.15) is 26.2 Å². The number of piperidine rings is 1. The second-order valence-corrected chi connectivity index (χ2v) is 7.88. The first-order valence-corrected chi connectivity index (χ1v) is 9.62. The topological polar surface area (TPSA) is 98.0 Å². The number of aromatic hydroxyl groups is 1. The highest BCUT2D eigenvalue weighted by atomic mass is 19.1. The van der Waals surface area contributed by atoms with Crippen molar-refractivity contribution in [2.45, 2.75) is 50.0 Å². The number of benzene rings is 1. The molecular weight excluding hydrogens is 375 g/mol. The zero-order valence-electron chi connectivity index (χ0n) is 15.9. The summed E-state index contributed by atoms with van der Waals surface area (Å²) in [5.74, 6) is 0.473. The van der Waals surface area contributed by atoms with E-state index >= 15 is 0 Å². The molecule has 150 valence electrons. The van der Waals surface area contributed by atoms with E-state index in [1.807, 2.05) is 13.0 Å². The molecule has 3 aromatic rings. The lowest BCUT2D eigenvalue weighted by Crippen LogP contribution is -2.59. The van der Waals surface area contributed by atoms with Crippen molar-refractivity contribution in [1.29, 1.82) is 0 Å². The van der Waals surface area contributed by atoms with Crippen LogP contribution in [0.3, 0.4) is 0 Å². The zero-order valence-corrected chi connectivity index (χ0v) is 15.9. The second-order valence-electron chi connectivity index (χ2n) is 7.88. The molecule has 2 aromatic heterocycles. The van der Waals surface area contributed by atoms with Gasteiger partial charge in [0.15, 0.2) is 12.0 Å². The van der Waals surface area contributed by atoms with Gasteiger partial charge in [-0.2, -0.15) is 0 Å². The number of phenolic OH excluding ortho intramolecular Hbond substituents is 1. The van der Waals surface area contributed by atoms with Gasteiger partial charge in [0.05, 0.1) is 29.3 Å². The molecule has 2 N–H and O–H groups in total. The predicted molar refractivity (Wildman–Crippen MR) is 103 cm³/mol. The van der Waals surface area contributed by atoms with Crippen LogP contribution in [0.25, 0.3) is 17.1 Å². The average molecular weight is 396 g/mol. The molecule has 0 saturated carbocycles. The quantitative estimate of drug-likeness (QED) is 0.699. The molecule has 2 aliphatic heterocycles. The standard InChI is InChI=1S/C20H21FN6O2/c1-20-5-4-12(24-20)8-16(18(20)21)29-17-10-23-19(26-25-17)14-3-2-13(9-15(14)28)27-7-6-22-11-27/h2-3,6-7,9-12,16,18,24,28H,4-5,8H2,1H3/t12?,16-,18-,20+/m0/s1. The zero-order chi connectivity index (χ0) is 20.0. The number of nitrogens with one attached hydrogen (secondary N) is 1. The fraction of sp³-hybridized carbons (Fsp3) is 0.400. The van der Waals surface area contributed by atoms with Gasteiger partial charge in [-0.25, -0.2) is 14.4 Å². The van der Waals surface area contributed by atoms with Gasteiger partial charge >= 0.3 is 0 Å². The summed E-state index contributed by atoms with van der Waals surface area (Å²) in [6, 6.07) is 5.40. The number of halogens is 1. The van der Waals surface area contributed by atoms with E-state index in [-0.39, 0.29) is 23.5 Å². The maximum absolute atomic E-state index is 14.9. The summed E-state index contributed by atoms with van der Waals surface area (Å²) in [6.07, 6.45) is 7.16. The molecule has 0 aliphatic carbocycles.